The molecule has 0 aliphatic heterocycles. The molecule has 0 saturated heterocycles. The molecule has 0 saturated carbocycles. The van der Waals surface area contributed by atoms with Crippen molar-refractivity contribution in [2.45, 2.75) is 0 Å². The van der Waals surface area contributed by atoms with E-state index < -0.39 is 0 Å². The van der Waals surface area contributed by atoms with Crippen molar-refractivity contribution in [2.24, 2.45) is 0 Å². The number of thioether (sulfide) groups is 1. The Morgan fingerprint density at radius 3 is 2.83 bits per heavy atom. The fourth-order valence-electron chi connectivity index (χ4n) is 0.847. The summed E-state index contributed by atoms with van der Waals surface area (Å²) in [4.78, 5) is 0. The van der Waals surface area contributed by atoms with Gasteiger partial charge in [-0.05, 0) is 18.4 Å². The zero-order valence-electron chi connectivity index (χ0n) is 7.12. The van der Waals surface area contributed by atoms with E-state index in [4.69, 9.17) is 10.5 Å². The highest BCUT2D eigenvalue weighted by Gasteiger charge is 1.96. The maximum absolute atomic E-state index is 5.67. The van der Waals surface area contributed by atoms with E-state index in [1.807, 2.05) is 24.3 Å². The van der Waals surface area contributed by atoms with Gasteiger partial charge in [0.2, 0.25) is 0 Å². The molecule has 2 nitrogen and oxygen atoms in total. The van der Waals surface area contributed by atoms with Gasteiger partial charge < -0.3 is 10.5 Å². The van der Waals surface area contributed by atoms with Crippen LogP contribution >= 0.6 is 11.8 Å². The fourth-order valence-corrected chi connectivity index (χ4v) is 1.10. The van der Waals surface area contributed by atoms with E-state index in [2.05, 4.69) is 6.26 Å². The molecule has 66 valence electrons. The van der Waals surface area contributed by atoms with Crippen LogP contribution in [0.4, 0.5) is 5.69 Å². The standard InChI is InChI=1S/C9H13NOS/c1-12-7-6-11-9-5-3-2-4-8(9)10/h2-5H,6-7,10H2,1H3. The molecule has 0 bridgehead atoms. The van der Waals surface area contributed by atoms with E-state index in [1.165, 1.54) is 0 Å². The van der Waals surface area contributed by atoms with Crippen molar-refractivity contribution >= 4 is 17.4 Å². The van der Waals surface area contributed by atoms with Crippen LogP contribution in [0.1, 0.15) is 0 Å². The summed E-state index contributed by atoms with van der Waals surface area (Å²) in [6.07, 6.45) is 2.05. The second-order valence-electron chi connectivity index (χ2n) is 2.38. The van der Waals surface area contributed by atoms with Gasteiger partial charge in [0.15, 0.2) is 0 Å². The smallest absolute Gasteiger partial charge is 0.142 e. The highest BCUT2D eigenvalue weighted by molar-refractivity contribution is 7.98. The Balaban J connectivity index is 2.46. The summed E-state index contributed by atoms with van der Waals surface area (Å²) >= 11 is 1.76. The number of ether oxygens (including phenoxy) is 1. The van der Waals surface area contributed by atoms with Crippen LogP contribution in [0.15, 0.2) is 24.3 Å². The van der Waals surface area contributed by atoms with Gasteiger partial charge in [-0.25, -0.2) is 0 Å². The molecule has 2 N–H and O–H groups in total. The van der Waals surface area contributed by atoms with Crippen LogP contribution in [-0.4, -0.2) is 18.6 Å². The zero-order chi connectivity index (χ0) is 8.81. The molecule has 0 aliphatic carbocycles. The predicted molar refractivity (Wildman–Crippen MR) is 54.7 cm³/mol. The molecule has 0 fully saturated rings. The molecule has 0 spiro atoms. The van der Waals surface area contributed by atoms with E-state index >= 15 is 0 Å². The van der Waals surface area contributed by atoms with Crippen LogP contribution in [0.3, 0.4) is 0 Å². The molecule has 0 aromatic heterocycles. The van der Waals surface area contributed by atoms with E-state index in [0.717, 1.165) is 18.1 Å². The fraction of sp³-hybridized carbons (Fsp3) is 0.333. The molecular weight excluding hydrogens is 170 g/mol. The Hall–Kier alpha value is -0.830. The summed E-state index contributed by atoms with van der Waals surface area (Å²) in [6, 6.07) is 7.55. The van der Waals surface area contributed by atoms with Crippen LogP contribution in [0.2, 0.25) is 0 Å². The van der Waals surface area contributed by atoms with Gasteiger partial charge >= 0.3 is 0 Å². The van der Waals surface area contributed by atoms with Gasteiger partial charge in [0, 0.05) is 5.75 Å². The normalized spacial score (nSPS) is 9.75. The SMILES string of the molecule is CSCCOc1ccccc1N. The second-order valence-corrected chi connectivity index (χ2v) is 3.36. The Kier molecular flexibility index (Phi) is 3.80. The highest BCUT2D eigenvalue weighted by Crippen LogP contribution is 2.19. The summed E-state index contributed by atoms with van der Waals surface area (Å²) in [5, 5.41) is 0. The van der Waals surface area contributed by atoms with Gasteiger partial charge in [-0.3, -0.25) is 0 Å². The summed E-state index contributed by atoms with van der Waals surface area (Å²) < 4.78 is 5.43. The first-order valence-corrected chi connectivity index (χ1v) is 5.20. The molecular formula is C9H13NOS. The minimum Gasteiger partial charge on any atom is -0.491 e. The van der Waals surface area contributed by atoms with Crippen LogP contribution in [0, 0.1) is 0 Å². The van der Waals surface area contributed by atoms with Crippen molar-refractivity contribution in [3.05, 3.63) is 24.3 Å². The molecule has 0 amide bonds. The van der Waals surface area contributed by atoms with Crippen LogP contribution in [-0.2, 0) is 0 Å². The Morgan fingerprint density at radius 1 is 1.42 bits per heavy atom. The van der Waals surface area contributed by atoms with Gasteiger partial charge in [-0.1, -0.05) is 12.1 Å². The lowest BCUT2D eigenvalue weighted by molar-refractivity contribution is 0.346. The first-order chi connectivity index (χ1) is 5.84. The maximum atomic E-state index is 5.67. The molecule has 0 aliphatic rings. The zero-order valence-corrected chi connectivity index (χ0v) is 7.93. The third kappa shape index (κ3) is 2.66. The number of anilines is 1. The number of nitrogens with two attached hydrogens (primary N) is 1. The largest absolute Gasteiger partial charge is 0.491 e. The van der Waals surface area contributed by atoms with Gasteiger partial charge in [0.05, 0.1) is 12.3 Å². The van der Waals surface area contributed by atoms with Crippen molar-refractivity contribution in [1.29, 1.82) is 0 Å². The predicted octanol–water partition coefficient (Wildman–Crippen LogP) is 2.01. The average Bonchev–Trinajstić information content (AvgIpc) is 2.09. The minimum atomic E-state index is 0.707. The lowest BCUT2D eigenvalue weighted by atomic mass is 10.3. The highest BCUT2D eigenvalue weighted by atomic mass is 32.2. The number of hydrogen-bond donors (Lipinski definition) is 1. The van der Waals surface area contributed by atoms with Crippen molar-refractivity contribution in [1.82, 2.24) is 0 Å². The monoisotopic (exact) mass is 183 g/mol. The van der Waals surface area contributed by atoms with Crippen LogP contribution < -0.4 is 10.5 Å². The van der Waals surface area contributed by atoms with Crippen LogP contribution in [0.5, 0.6) is 5.75 Å². The number of hydrogen-bond acceptors (Lipinski definition) is 3. The first kappa shape index (κ1) is 9.26. The van der Waals surface area contributed by atoms with E-state index in [-0.39, 0.29) is 0 Å². The molecule has 0 unspecified atom stereocenters. The van der Waals surface area contributed by atoms with Crippen molar-refractivity contribution in [3.8, 4) is 5.75 Å². The van der Waals surface area contributed by atoms with Gasteiger partial charge in [0.1, 0.15) is 5.75 Å². The summed E-state index contributed by atoms with van der Waals surface area (Å²) in [7, 11) is 0. The first-order valence-electron chi connectivity index (χ1n) is 3.81. The third-order valence-corrected chi connectivity index (χ3v) is 2.04. The lowest BCUT2D eigenvalue weighted by Gasteiger charge is -2.06. The molecule has 0 heterocycles. The number of para-hydroxylation sites is 2. The molecule has 0 atom stereocenters. The molecule has 1 aromatic rings. The number of rotatable bonds is 4. The Labute approximate surface area is 77.1 Å². The van der Waals surface area contributed by atoms with Crippen molar-refractivity contribution in [2.75, 3.05) is 24.3 Å². The van der Waals surface area contributed by atoms with E-state index in [0.29, 0.717) is 5.69 Å². The lowest BCUT2D eigenvalue weighted by Crippen LogP contribution is -2.01. The van der Waals surface area contributed by atoms with Crippen LogP contribution in [0.25, 0.3) is 0 Å². The third-order valence-electron chi connectivity index (χ3n) is 1.46. The Bertz CT molecular complexity index is 240. The van der Waals surface area contributed by atoms with Gasteiger partial charge in [0.25, 0.3) is 0 Å². The second kappa shape index (κ2) is 4.93. The van der Waals surface area contributed by atoms with Crippen molar-refractivity contribution in [3.63, 3.8) is 0 Å². The number of nitrogen functional groups attached to an aromatic ring is 1. The topological polar surface area (TPSA) is 35.2 Å². The molecule has 1 aromatic carbocycles. The average molecular weight is 183 g/mol. The van der Waals surface area contributed by atoms with Gasteiger partial charge in [-0.15, -0.1) is 0 Å². The van der Waals surface area contributed by atoms with E-state index in [9.17, 15) is 0 Å². The van der Waals surface area contributed by atoms with Crippen molar-refractivity contribution < 1.29 is 4.74 Å². The minimum absolute atomic E-state index is 0.707. The molecule has 1 rings (SSSR count). The summed E-state index contributed by atoms with van der Waals surface area (Å²) in [6.45, 7) is 0.718. The molecule has 0 radical (unpaired) electrons. The molecule has 3 heteroatoms. The van der Waals surface area contributed by atoms with Gasteiger partial charge in [-0.2, -0.15) is 11.8 Å². The molecule has 12 heavy (non-hydrogen) atoms. The Morgan fingerprint density at radius 2 is 2.17 bits per heavy atom. The maximum Gasteiger partial charge on any atom is 0.142 e. The summed E-state index contributed by atoms with van der Waals surface area (Å²) in [5.74, 6) is 1.78. The quantitative estimate of drug-likeness (QED) is 0.573. The van der Waals surface area contributed by atoms with E-state index in [1.54, 1.807) is 11.8 Å². The number of benzene rings is 1. The summed E-state index contributed by atoms with van der Waals surface area (Å²) in [5.41, 5.74) is 6.38.